The molecule has 99 valence electrons. The van der Waals surface area contributed by atoms with E-state index in [2.05, 4.69) is 6.07 Å². The van der Waals surface area contributed by atoms with Gasteiger partial charge in [-0.25, -0.2) is 8.42 Å². The van der Waals surface area contributed by atoms with Crippen molar-refractivity contribution in [2.45, 2.75) is 11.8 Å². The Kier molecular flexibility index (Phi) is 4.12. The van der Waals surface area contributed by atoms with Gasteiger partial charge in [-0.2, -0.15) is 0 Å². The number of hydrogen-bond acceptors (Lipinski definition) is 2. The summed E-state index contributed by atoms with van der Waals surface area (Å²) in [5.41, 5.74) is 0.639. The molecule has 0 atom stereocenters. The Morgan fingerprint density at radius 3 is 2.37 bits per heavy atom. The van der Waals surface area contributed by atoms with Crippen molar-refractivity contribution >= 4 is 27.3 Å². The van der Waals surface area contributed by atoms with E-state index in [-0.39, 0.29) is 4.90 Å². The van der Waals surface area contributed by atoms with E-state index in [1.807, 2.05) is 18.2 Å². The molecule has 0 fully saturated rings. The summed E-state index contributed by atoms with van der Waals surface area (Å²) in [6.07, 6.45) is 0. The van der Waals surface area contributed by atoms with Gasteiger partial charge in [0.05, 0.1) is 10.6 Å². The molecular weight excluding hydrogens is 282 g/mol. The van der Waals surface area contributed by atoms with Crippen molar-refractivity contribution in [1.82, 2.24) is 0 Å². The Morgan fingerprint density at radius 1 is 1.16 bits per heavy atom. The van der Waals surface area contributed by atoms with Crippen LogP contribution in [0.15, 0.2) is 53.4 Å². The maximum Gasteiger partial charge on any atom is 0.264 e. The number of rotatable bonds is 4. The number of benzene rings is 2. The first-order chi connectivity index (χ1) is 9.05. The molecule has 0 N–H and O–H groups in total. The predicted octanol–water partition coefficient (Wildman–Crippen LogP) is 3.36. The van der Waals surface area contributed by atoms with Crippen molar-refractivity contribution in [2.24, 2.45) is 0 Å². The van der Waals surface area contributed by atoms with Gasteiger partial charge in [0.2, 0.25) is 0 Å². The van der Waals surface area contributed by atoms with E-state index in [1.165, 1.54) is 22.5 Å². The lowest BCUT2D eigenvalue weighted by atomic mass is 10.3. The Balaban J connectivity index is 2.45. The van der Waals surface area contributed by atoms with Crippen LogP contribution >= 0.6 is 11.6 Å². The van der Waals surface area contributed by atoms with Crippen LogP contribution in [-0.4, -0.2) is 15.0 Å². The molecule has 0 spiro atoms. The normalized spacial score (nSPS) is 11.3. The van der Waals surface area contributed by atoms with Crippen LogP contribution in [0.3, 0.4) is 0 Å². The van der Waals surface area contributed by atoms with Gasteiger partial charge in [0.1, 0.15) is 0 Å². The quantitative estimate of drug-likeness (QED) is 0.867. The highest BCUT2D eigenvalue weighted by atomic mass is 35.5. The zero-order valence-corrected chi connectivity index (χ0v) is 11.9. The molecule has 0 unspecified atom stereocenters. The van der Waals surface area contributed by atoms with Crippen LogP contribution in [0, 0.1) is 6.07 Å². The third kappa shape index (κ3) is 2.91. The van der Waals surface area contributed by atoms with Crippen molar-refractivity contribution in [2.75, 3.05) is 10.8 Å². The first-order valence-corrected chi connectivity index (χ1v) is 7.62. The van der Waals surface area contributed by atoms with E-state index in [4.69, 9.17) is 11.6 Å². The molecule has 0 aromatic heterocycles. The Morgan fingerprint density at radius 2 is 1.84 bits per heavy atom. The zero-order valence-electron chi connectivity index (χ0n) is 10.4. The lowest BCUT2D eigenvalue weighted by Crippen LogP contribution is -2.30. The van der Waals surface area contributed by atoms with Gasteiger partial charge >= 0.3 is 0 Å². The SMILES string of the molecule is CCN(c1ccccc1)S(=O)(=O)c1c[c]c(Cl)cc1. The van der Waals surface area contributed by atoms with Crippen molar-refractivity contribution in [1.29, 1.82) is 0 Å². The molecule has 2 rings (SSSR count). The average Bonchev–Trinajstić information content (AvgIpc) is 2.41. The van der Waals surface area contributed by atoms with Gasteiger partial charge in [0, 0.05) is 17.6 Å². The second-order valence-corrected chi connectivity index (χ2v) is 6.15. The first-order valence-electron chi connectivity index (χ1n) is 5.80. The lowest BCUT2D eigenvalue weighted by Gasteiger charge is -2.22. The Hall–Kier alpha value is -1.52. The van der Waals surface area contributed by atoms with E-state index >= 15 is 0 Å². The van der Waals surface area contributed by atoms with Crippen LogP contribution in [0.5, 0.6) is 0 Å². The van der Waals surface area contributed by atoms with Crippen LogP contribution in [0.2, 0.25) is 5.02 Å². The molecule has 2 aromatic rings. The molecule has 1 radical (unpaired) electrons. The number of para-hydroxylation sites is 1. The standard InChI is InChI=1S/C14H13ClNO2S/c1-2-16(13-6-4-3-5-7-13)19(17,18)14-10-8-12(15)9-11-14/h3-8,10-11H,2H2,1H3. The summed E-state index contributed by atoms with van der Waals surface area (Å²) in [5.74, 6) is 0. The number of nitrogens with zero attached hydrogens (tertiary/aromatic N) is 1. The monoisotopic (exact) mass is 294 g/mol. The maximum absolute atomic E-state index is 12.5. The van der Waals surface area contributed by atoms with E-state index in [1.54, 1.807) is 19.1 Å². The fourth-order valence-corrected chi connectivity index (χ4v) is 3.32. The van der Waals surface area contributed by atoms with Gasteiger partial charge in [-0.05, 0) is 37.3 Å². The molecule has 0 aliphatic carbocycles. The summed E-state index contributed by atoms with van der Waals surface area (Å²) in [7, 11) is -3.58. The van der Waals surface area contributed by atoms with Crippen LogP contribution in [-0.2, 0) is 10.0 Å². The molecule has 0 heterocycles. The fourth-order valence-electron chi connectivity index (χ4n) is 1.76. The van der Waals surface area contributed by atoms with Gasteiger partial charge in [0.15, 0.2) is 0 Å². The number of hydrogen-bond donors (Lipinski definition) is 0. The Labute approximate surface area is 118 Å². The summed E-state index contributed by atoms with van der Waals surface area (Å²) < 4.78 is 26.4. The van der Waals surface area contributed by atoms with E-state index in [0.717, 1.165) is 0 Å². The van der Waals surface area contributed by atoms with Crippen molar-refractivity contribution < 1.29 is 8.42 Å². The molecule has 5 heteroatoms. The Bertz CT molecular complexity index is 639. The van der Waals surface area contributed by atoms with Gasteiger partial charge < -0.3 is 0 Å². The number of anilines is 1. The molecule has 0 aliphatic heterocycles. The highest BCUT2D eigenvalue weighted by Crippen LogP contribution is 2.23. The van der Waals surface area contributed by atoms with E-state index in [0.29, 0.717) is 17.3 Å². The van der Waals surface area contributed by atoms with Crippen molar-refractivity contribution in [3.05, 3.63) is 59.6 Å². The van der Waals surface area contributed by atoms with E-state index in [9.17, 15) is 8.42 Å². The highest BCUT2D eigenvalue weighted by Gasteiger charge is 2.23. The lowest BCUT2D eigenvalue weighted by molar-refractivity contribution is 0.592. The molecule has 2 aromatic carbocycles. The minimum absolute atomic E-state index is 0.183. The molecule has 0 saturated carbocycles. The summed E-state index contributed by atoms with van der Waals surface area (Å²) >= 11 is 5.73. The first kappa shape index (κ1) is 13.9. The molecule has 0 aliphatic rings. The third-order valence-corrected chi connectivity index (χ3v) is 4.80. The minimum Gasteiger partial charge on any atom is -0.267 e. The van der Waals surface area contributed by atoms with Gasteiger partial charge in [0.25, 0.3) is 10.0 Å². The fraction of sp³-hybridized carbons (Fsp3) is 0.143. The van der Waals surface area contributed by atoms with Crippen molar-refractivity contribution in [3.63, 3.8) is 0 Å². The average molecular weight is 295 g/mol. The molecule has 0 bridgehead atoms. The molecule has 3 nitrogen and oxygen atoms in total. The minimum atomic E-state index is -3.58. The summed E-state index contributed by atoms with van der Waals surface area (Å²) in [6.45, 7) is 2.15. The van der Waals surface area contributed by atoms with E-state index < -0.39 is 10.0 Å². The summed E-state index contributed by atoms with van der Waals surface area (Å²) in [6, 6.07) is 16.1. The van der Waals surface area contributed by atoms with Gasteiger partial charge in [-0.1, -0.05) is 29.8 Å². The van der Waals surface area contributed by atoms with Crippen LogP contribution in [0.25, 0.3) is 0 Å². The smallest absolute Gasteiger partial charge is 0.264 e. The third-order valence-electron chi connectivity index (χ3n) is 2.67. The summed E-state index contributed by atoms with van der Waals surface area (Å²) in [5, 5.41) is 0.390. The van der Waals surface area contributed by atoms with Gasteiger partial charge in [-0.15, -0.1) is 0 Å². The number of halogens is 1. The maximum atomic E-state index is 12.5. The molecule has 0 saturated heterocycles. The predicted molar refractivity (Wildman–Crippen MR) is 76.9 cm³/mol. The van der Waals surface area contributed by atoms with Gasteiger partial charge in [-0.3, -0.25) is 4.31 Å². The molecule has 19 heavy (non-hydrogen) atoms. The second kappa shape index (κ2) is 5.63. The zero-order chi connectivity index (χ0) is 13.9. The second-order valence-electron chi connectivity index (χ2n) is 3.88. The van der Waals surface area contributed by atoms with Crippen molar-refractivity contribution in [3.8, 4) is 0 Å². The topological polar surface area (TPSA) is 37.4 Å². The van der Waals surface area contributed by atoms with Crippen LogP contribution in [0.4, 0.5) is 5.69 Å². The van der Waals surface area contributed by atoms with Crippen LogP contribution in [0.1, 0.15) is 6.92 Å². The largest absolute Gasteiger partial charge is 0.267 e. The molecule has 0 amide bonds. The van der Waals surface area contributed by atoms with Crippen LogP contribution < -0.4 is 4.31 Å². The number of sulfonamides is 1. The summed E-state index contributed by atoms with van der Waals surface area (Å²) in [4.78, 5) is 0.183. The molecular formula is C14H13ClNO2S. The highest BCUT2D eigenvalue weighted by molar-refractivity contribution is 7.92.